The number of anilines is 1. The number of hydrogen-bond donors (Lipinski definition) is 2. The summed E-state index contributed by atoms with van der Waals surface area (Å²) in [6, 6.07) is 8.05. The number of nitrogens with two attached hydrogens (primary N) is 1. The van der Waals surface area contributed by atoms with E-state index in [1.165, 1.54) is 12.1 Å². The summed E-state index contributed by atoms with van der Waals surface area (Å²) in [5, 5.41) is 27.4. The summed E-state index contributed by atoms with van der Waals surface area (Å²) in [4.78, 5) is 14.1. The van der Waals surface area contributed by atoms with E-state index < -0.39 is 5.56 Å². The Morgan fingerprint density at radius 2 is 1.50 bits per heavy atom. The maximum atomic E-state index is 11.9. The molecule has 2 rings (SSSR count). The molecule has 0 saturated heterocycles. The van der Waals surface area contributed by atoms with Gasteiger partial charge in [0.25, 0.3) is 5.56 Å². The second-order valence-electron chi connectivity index (χ2n) is 4.14. The van der Waals surface area contributed by atoms with Gasteiger partial charge in [0.1, 0.15) is 29.1 Å². The molecular weight excluding hydrogens is 325 g/mol. The second-order valence-corrected chi connectivity index (χ2v) is 4.96. The fourth-order valence-electron chi connectivity index (χ4n) is 1.97. The molecule has 0 saturated carbocycles. The number of aromatic amines is 1. The summed E-state index contributed by atoms with van der Waals surface area (Å²) >= 11 is 12.2. The SMILES string of the molecule is N#Cc1cc(Cl)c(-c2c(C#N)c(N)[nH]c(=O)c2C#N)c(Cl)c1. The first-order chi connectivity index (χ1) is 10.4. The highest BCUT2D eigenvalue weighted by Gasteiger charge is 2.22. The summed E-state index contributed by atoms with van der Waals surface area (Å²) in [5.41, 5.74) is 4.67. The fourth-order valence-corrected chi connectivity index (χ4v) is 2.65. The van der Waals surface area contributed by atoms with E-state index in [2.05, 4.69) is 4.98 Å². The van der Waals surface area contributed by atoms with Crippen LogP contribution in [-0.4, -0.2) is 4.98 Å². The highest BCUT2D eigenvalue weighted by molar-refractivity contribution is 6.39. The Balaban J connectivity index is 3.03. The summed E-state index contributed by atoms with van der Waals surface area (Å²) < 4.78 is 0. The van der Waals surface area contributed by atoms with Crippen molar-refractivity contribution in [3.63, 3.8) is 0 Å². The van der Waals surface area contributed by atoms with Crippen molar-refractivity contribution in [1.29, 1.82) is 15.8 Å². The van der Waals surface area contributed by atoms with Gasteiger partial charge in [0.2, 0.25) is 0 Å². The van der Waals surface area contributed by atoms with E-state index in [4.69, 9.17) is 34.2 Å². The van der Waals surface area contributed by atoms with Crippen LogP contribution in [-0.2, 0) is 0 Å². The molecule has 0 aliphatic heterocycles. The zero-order chi connectivity index (χ0) is 16.4. The molecule has 6 nitrogen and oxygen atoms in total. The van der Waals surface area contributed by atoms with E-state index in [-0.39, 0.29) is 43.7 Å². The predicted octanol–water partition coefficient (Wildman–Crippen LogP) is 2.55. The number of nitrogen functional groups attached to an aromatic ring is 1. The largest absolute Gasteiger partial charge is 0.384 e. The maximum absolute atomic E-state index is 11.9. The van der Waals surface area contributed by atoms with Gasteiger partial charge in [-0.3, -0.25) is 4.79 Å². The molecule has 22 heavy (non-hydrogen) atoms. The summed E-state index contributed by atoms with van der Waals surface area (Å²) in [7, 11) is 0. The van der Waals surface area contributed by atoms with Crippen molar-refractivity contribution in [2.75, 3.05) is 5.73 Å². The summed E-state index contributed by atoms with van der Waals surface area (Å²) in [5.74, 6) is -0.196. The Morgan fingerprint density at radius 1 is 0.955 bits per heavy atom. The van der Waals surface area contributed by atoms with Gasteiger partial charge in [0.05, 0.1) is 21.7 Å². The van der Waals surface area contributed by atoms with Gasteiger partial charge in [0.15, 0.2) is 0 Å². The number of halogens is 2. The average molecular weight is 330 g/mol. The molecule has 0 atom stereocenters. The quantitative estimate of drug-likeness (QED) is 0.829. The third-order valence-corrected chi connectivity index (χ3v) is 3.49. The van der Waals surface area contributed by atoms with Crippen LogP contribution in [0.15, 0.2) is 16.9 Å². The highest BCUT2D eigenvalue weighted by Crippen LogP contribution is 2.39. The Bertz CT molecular complexity index is 950. The smallest absolute Gasteiger partial charge is 0.268 e. The second kappa shape index (κ2) is 5.79. The number of H-pyrrole nitrogens is 1. The topological polar surface area (TPSA) is 130 Å². The molecular formula is C14H5Cl2N5O. The van der Waals surface area contributed by atoms with E-state index in [9.17, 15) is 15.3 Å². The standard InChI is InChI=1S/C14H5Cl2N5O/c15-9-1-6(3-17)2-10(16)12(9)11-7(4-18)13(20)21-14(22)8(11)5-19/h1-2H,(H3,20,21,22). The van der Waals surface area contributed by atoms with E-state index in [0.717, 1.165) is 0 Å². The molecule has 3 N–H and O–H groups in total. The van der Waals surface area contributed by atoms with Crippen molar-refractivity contribution in [2.24, 2.45) is 0 Å². The molecule has 1 aromatic carbocycles. The molecule has 0 bridgehead atoms. The molecule has 0 radical (unpaired) electrons. The van der Waals surface area contributed by atoms with Crippen molar-refractivity contribution in [3.05, 3.63) is 49.2 Å². The van der Waals surface area contributed by atoms with Crippen LogP contribution in [0.1, 0.15) is 16.7 Å². The molecule has 0 unspecified atom stereocenters. The molecule has 1 aromatic heterocycles. The number of nitrogens with zero attached hydrogens (tertiary/aromatic N) is 3. The van der Waals surface area contributed by atoms with Crippen molar-refractivity contribution in [1.82, 2.24) is 4.98 Å². The Kier molecular flexibility index (Phi) is 4.06. The first kappa shape index (κ1) is 15.4. The molecule has 0 aliphatic carbocycles. The van der Waals surface area contributed by atoms with Gasteiger partial charge in [-0.15, -0.1) is 0 Å². The lowest BCUT2D eigenvalue weighted by Crippen LogP contribution is -2.16. The first-order valence-electron chi connectivity index (χ1n) is 5.70. The Morgan fingerprint density at radius 3 is 1.95 bits per heavy atom. The number of pyridine rings is 1. The minimum atomic E-state index is -0.759. The van der Waals surface area contributed by atoms with Gasteiger partial charge in [-0.1, -0.05) is 23.2 Å². The van der Waals surface area contributed by atoms with Crippen LogP contribution in [0.4, 0.5) is 5.82 Å². The van der Waals surface area contributed by atoms with Crippen LogP contribution in [0.5, 0.6) is 0 Å². The van der Waals surface area contributed by atoms with Crippen molar-refractivity contribution < 1.29 is 0 Å². The normalized spacial score (nSPS) is 9.59. The maximum Gasteiger partial charge on any atom is 0.268 e. The lowest BCUT2D eigenvalue weighted by atomic mass is 9.95. The van der Waals surface area contributed by atoms with E-state index in [1.54, 1.807) is 6.07 Å². The zero-order valence-electron chi connectivity index (χ0n) is 10.7. The molecule has 0 spiro atoms. The molecule has 2 aromatic rings. The lowest BCUT2D eigenvalue weighted by Gasteiger charge is -2.12. The van der Waals surface area contributed by atoms with Crippen LogP contribution in [0.3, 0.4) is 0 Å². The lowest BCUT2D eigenvalue weighted by molar-refractivity contribution is 1.21. The van der Waals surface area contributed by atoms with E-state index >= 15 is 0 Å². The Labute approximate surface area is 134 Å². The number of aromatic nitrogens is 1. The predicted molar refractivity (Wildman–Crippen MR) is 81.1 cm³/mol. The van der Waals surface area contributed by atoms with Crippen LogP contribution in [0, 0.1) is 34.0 Å². The minimum absolute atomic E-state index is 0.0297. The van der Waals surface area contributed by atoms with Crippen LogP contribution in [0.25, 0.3) is 11.1 Å². The molecule has 0 fully saturated rings. The zero-order valence-corrected chi connectivity index (χ0v) is 12.2. The summed E-state index contributed by atoms with van der Waals surface area (Å²) in [6.07, 6.45) is 0. The van der Waals surface area contributed by atoms with Gasteiger partial charge in [-0.2, -0.15) is 15.8 Å². The van der Waals surface area contributed by atoms with Gasteiger partial charge >= 0.3 is 0 Å². The third kappa shape index (κ3) is 2.36. The van der Waals surface area contributed by atoms with Gasteiger partial charge in [-0.25, -0.2) is 0 Å². The van der Waals surface area contributed by atoms with Crippen molar-refractivity contribution in [2.45, 2.75) is 0 Å². The monoisotopic (exact) mass is 329 g/mol. The molecule has 8 heteroatoms. The van der Waals surface area contributed by atoms with Gasteiger partial charge in [0, 0.05) is 11.1 Å². The van der Waals surface area contributed by atoms with E-state index in [1.807, 2.05) is 12.1 Å². The van der Waals surface area contributed by atoms with E-state index in [0.29, 0.717) is 0 Å². The highest BCUT2D eigenvalue weighted by atomic mass is 35.5. The minimum Gasteiger partial charge on any atom is -0.384 e. The van der Waals surface area contributed by atoms with Gasteiger partial charge in [-0.05, 0) is 12.1 Å². The Hall–Kier alpha value is -2.98. The van der Waals surface area contributed by atoms with Crippen LogP contribution < -0.4 is 11.3 Å². The number of nitriles is 3. The first-order valence-corrected chi connectivity index (χ1v) is 6.45. The number of benzene rings is 1. The number of hydrogen-bond acceptors (Lipinski definition) is 5. The average Bonchev–Trinajstić information content (AvgIpc) is 2.46. The molecule has 1 heterocycles. The summed E-state index contributed by atoms with van der Waals surface area (Å²) in [6.45, 7) is 0. The van der Waals surface area contributed by atoms with Gasteiger partial charge < -0.3 is 10.7 Å². The van der Waals surface area contributed by atoms with Crippen molar-refractivity contribution >= 4 is 29.0 Å². The number of nitrogens with one attached hydrogen (secondary N) is 1. The van der Waals surface area contributed by atoms with Crippen molar-refractivity contribution in [3.8, 4) is 29.3 Å². The fraction of sp³-hybridized carbons (Fsp3) is 0. The molecule has 0 aliphatic rings. The third-order valence-electron chi connectivity index (χ3n) is 2.89. The molecule has 0 amide bonds. The number of rotatable bonds is 1. The molecule has 106 valence electrons. The van der Waals surface area contributed by atoms with Crippen LogP contribution >= 0.6 is 23.2 Å². The van der Waals surface area contributed by atoms with Crippen LogP contribution in [0.2, 0.25) is 10.0 Å².